The highest BCUT2D eigenvalue weighted by atomic mass is 14.0. The Morgan fingerprint density at radius 2 is 0.300 bits per heavy atom. The lowest BCUT2D eigenvalue weighted by atomic mass is 10.0. The Morgan fingerprint density at radius 3 is 0.467 bits per heavy atom. The molecule has 0 unspecified atom stereocenters. The molecule has 0 saturated heterocycles. The van der Waals surface area contributed by atoms with Gasteiger partial charge in [-0.2, -0.15) is 0 Å². The number of hydrogen-bond acceptors (Lipinski definition) is 0. The number of allylic oxidation sites excluding steroid dienone is 2. The molecule has 1 aliphatic carbocycles. The van der Waals surface area contributed by atoms with Crippen LogP contribution in [0.15, 0.2) is 12.2 Å². The van der Waals surface area contributed by atoms with E-state index in [1.165, 1.54) is 180 Å². The zero-order valence-electron chi connectivity index (χ0n) is 21.0. The molecule has 0 radical (unpaired) electrons. The van der Waals surface area contributed by atoms with Gasteiger partial charge in [0.05, 0.1) is 0 Å². The lowest BCUT2D eigenvalue weighted by Gasteiger charge is -2.04. The van der Waals surface area contributed by atoms with E-state index in [9.17, 15) is 0 Å². The van der Waals surface area contributed by atoms with E-state index in [0.717, 1.165) is 0 Å². The molecule has 0 aromatic heterocycles. The Balaban J connectivity index is 2.04. The fraction of sp³-hybridized carbons (Fsp3) is 0.933. The molecular weight excluding hydrogens is 360 g/mol. The SMILES string of the molecule is C1=CCCCCCCCCCCCCCCCCCCCCCCCCCCCC1. The average Bonchev–Trinajstić information content (AvgIpc) is 2.76. The van der Waals surface area contributed by atoms with Crippen LogP contribution < -0.4 is 0 Å². The third-order valence-corrected chi connectivity index (χ3v) is 7.16. The van der Waals surface area contributed by atoms with Crippen LogP contribution in [0.3, 0.4) is 0 Å². The molecule has 0 aromatic carbocycles. The van der Waals surface area contributed by atoms with Crippen LogP contribution in [0.4, 0.5) is 0 Å². The summed E-state index contributed by atoms with van der Waals surface area (Å²) in [6.45, 7) is 0. The summed E-state index contributed by atoms with van der Waals surface area (Å²) in [4.78, 5) is 0. The Morgan fingerprint density at radius 1 is 0.167 bits per heavy atom. The molecule has 0 nitrogen and oxygen atoms in total. The number of hydrogen-bond donors (Lipinski definition) is 0. The van der Waals surface area contributed by atoms with Crippen molar-refractivity contribution < 1.29 is 0 Å². The van der Waals surface area contributed by atoms with Crippen LogP contribution in [0.25, 0.3) is 0 Å². The molecule has 0 N–H and O–H groups in total. The lowest BCUT2D eigenvalue weighted by Crippen LogP contribution is -1.85. The summed E-state index contributed by atoms with van der Waals surface area (Å²) in [6, 6.07) is 0. The molecule has 178 valence electrons. The van der Waals surface area contributed by atoms with Gasteiger partial charge in [0.1, 0.15) is 0 Å². The zero-order valence-corrected chi connectivity index (χ0v) is 21.0. The van der Waals surface area contributed by atoms with Gasteiger partial charge in [0, 0.05) is 0 Å². The fourth-order valence-corrected chi connectivity index (χ4v) is 5.00. The summed E-state index contributed by atoms with van der Waals surface area (Å²) < 4.78 is 0. The Kier molecular flexibility index (Phi) is 23.1. The minimum absolute atomic E-state index is 1.32. The minimum atomic E-state index is 1.32. The van der Waals surface area contributed by atoms with E-state index < -0.39 is 0 Å². The van der Waals surface area contributed by atoms with Gasteiger partial charge in [0.2, 0.25) is 0 Å². The maximum Gasteiger partial charge on any atom is -0.0351 e. The van der Waals surface area contributed by atoms with Crippen LogP contribution in [0.1, 0.15) is 180 Å². The summed E-state index contributed by atoms with van der Waals surface area (Å²) in [7, 11) is 0. The highest BCUT2D eigenvalue weighted by Crippen LogP contribution is 2.16. The van der Waals surface area contributed by atoms with Gasteiger partial charge in [0.15, 0.2) is 0 Å². The van der Waals surface area contributed by atoms with Gasteiger partial charge >= 0.3 is 0 Å². The van der Waals surface area contributed by atoms with Gasteiger partial charge in [-0.1, -0.05) is 166 Å². The first-order chi connectivity index (χ1) is 15.0. The van der Waals surface area contributed by atoms with Crippen LogP contribution >= 0.6 is 0 Å². The Labute approximate surface area is 192 Å². The van der Waals surface area contributed by atoms with Crippen molar-refractivity contribution in [1.29, 1.82) is 0 Å². The van der Waals surface area contributed by atoms with Crippen molar-refractivity contribution in [3.8, 4) is 0 Å². The average molecular weight is 419 g/mol. The molecule has 0 heterocycles. The monoisotopic (exact) mass is 418 g/mol. The molecule has 0 amide bonds. The van der Waals surface area contributed by atoms with Gasteiger partial charge in [-0.05, 0) is 25.7 Å². The maximum absolute atomic E-state index is 2.46. The smallest absolute Gasteiger partial charge is 0.0351 e. The minimum Gasteiger partial charge on any atom is -0.0885 e. The van der Waals surface area contributed by atoms with E-state index in [1.54, 1.807) is 0 Å². The Hall–Kier alpha value is -0.260. The van der Waals surface area contributed by atoms with Crippen LogP contribution in [0.2, 0.25) is 0 Å². The molecular formula is C30H58. The predicted octanol–water partition coefficient (Wildman–Crippen LogP) is 11.5. The first-order valence-electron chi connectivity index (χ1n) is 14.6. The van der Waals surface area contributed by atoms with E-state index in [2.05, 4.69) is 12.2 Å². The van der Waals surface area contributed by atoms with Crippen molar-refractivity contribution in [3.05, 3.63) is 12.2 Å². The van der Waals surface area contributed by atoms with Gasteiger partial charge in [-0.3, -0.25) is 0 Å². The second kappa shape index (κ2) is 25.0. The van der Waals surface area contributed by atoms with E-state index in [-0.39, 0.29) is 0 Å². The summed E-state index contributed by atoms with van der Waals surface area (Å²) in [5.41, 5.74) is 0. The lowest BCUT2D eigenvalue weighted by molar-refractivity contribution is 0.515. The standard InChI is InChI=1S/C30H58/c1-2-4-6-8-10-12-14-16-18-20-22-24-26-28-30-29-27-25-23-21-19-17-15-13-11-9-7-5-3-1/h1-2H,3-30H2. The molecule has 1 rings (SSSR count). The molecule has 0 saturated carbocycles. The first-order valence-corrected chi connectivity index (χ1v) is 14.6. The molecule has 0 aliphatic heterocycles. The second-order valence-electron chi connectivity index (χ2n) is 10.2. The van der Waals surface area contributed by atoms with Crippen molar-refractivity contribution in [2.45, 2.75) is 180 Å². The predicted molar refractivity (Wildman–Crippen MR) is 138 cm³/mol. The van der Waals surface area contributed by atoms with Crippen LogP contribution in [-0.2, 0) is 0 Å². The number of rotatable bonds is 0. The molecule has 0 heteroatoms. The zero-order chi connectivity index (χ0) is 21.2. The third kappa shape index (κ3) is 22.4. The van der Waals surface area contributed by atoms with Crippen LogP contribution in [0, 0.1) is 0 Å². The topological polar surface area (TPSA) is 0 Å². The van der Waals surface area contributed by atoms with Crippen molar-refractivity contribution in [2.75, 3.05) is 0 Å². The van der Waals surface area contributed by atoms with E-state index >= 15 is 0 Å². The van der Waals surface area contributed by atoms with E-state index in [1.807, 2.05) is 0 Å². The third-order valence-electron chi connectivity index (χ3n) is 7.16. The molecule has 1 aliphatic rings. The molecule has 0 aromatic rings. The maximum atomic E-state index is 2.46. The van der Waals surface area contributed by atoms with Crippen molar-refractivity contribution in [3.63, 3.8) is 0 Å². The van der Waals surface area contributed by atoms with Crippen molar-refractivity contribution in [1.82, 2.24) is 0 Å². The molecule has 30 heavy (non-hydrogen) atoms. The van der Waals surface area contributed by atoms with Gasteiger partial charge < -0.3 is 0 Å². The van der Waals surface area contributed by atoms with Gasteiger partial charge in [-0.15, -0.1) is 0 Å². The summed E-state index contributed by atoms with van der Waals surface area (Å²) in [5, 5.41) is 0. The molecule has 0 bridgehead atoms. The Bertz CT molecular complexity index is 297. The van der Waals surface area contributed by atoms with E-state index in [4.69, 9.17) is 0 Å². The van der Waals surface area contributed by atoms with Gasteiger partial charge in [0.25, 0.3) is 0 Å². The quantitative estimate of drug-likeness (QED) is 0.343. The highest BCUT2D eigenvalue weighted by Gasteiger charge is 1.96. The normalized spacial score (nSPS) is 23.5. The fourth-order valence-electron chi connectivity index (χ4n) is 5.00. The first kappa shape index (κ1) is 27.8. The highest BCUT2D eigenvalue weighted by molar-refractivity contribution is 4.81. The van der Waals surface area contributed by atoms with Crippen molar-refractivity contribution in [2.24, 2.45) is 0 Å². The second-order valence-corrected chi connectivity index (χ2v) is 10.2. The largest absolute Gasteiger partial charge is 0.0885 e. The summed E-state index contributed by atoms with van der Waals surface area (Å²) in [6.07, 6.45) is 46.0. The van der Waals surface area contributed by atoms with Gasteiger partial charge in [-0.25, -0.2) is 0 Å². The van der Waals surface area contributed by atoms with Crippen LogP contribution in [0.5, 0.6) is 0 Å². The molecule has 0 fully saturated rings. The van der Waals surface area contributed by atoms with Crippen molar-refractivity contribution >= 4 is 0 Å². The summed E-state index contributed by atoms with van der Waals surface area (Å²) >= 11 is 0. The van der Waals surface area contributed by atoms with E-state index in [0.29, 0.717) is 0 Å². The molecule has 0 spiro atoms. The van der Waals surface area contributed by atoms with Crippen LogP contribution in [-0.4, -0.2) is 0 Å². The molecule has 0 atom stereocenters. The summed E-state index contributed by atoms with van der Waals surface area (Å²) in [5.74, 6) is 0.